The minimum Gasteiger partial charge on any atom is -0.358 e. The number of imidazole rings is 1. The molecule has 0 aliphatic heterocycles. The molecule has 0 fully saturated rings. The van der Waals surface area contributed by atoms with Crippen LogP contribution in [-0.2, 0) is 13.1 Å². The maximum atomic E-state index is 11.4. The fourth-order valence-electron chi connectivity index (χ4n) is 3.09. The summed E-state index contributed by atoms with van der Waals surface area (Å²) in [6.45, 7) is 2.81. The molecule has 0 amide bonds. The van der Waals surface area contributed by atoms with Crippen molar-refractivity contribution in [3.8, 4) is 11.3 Å². The fourth-order valence-corrected chi connectivity index (χ4v) is 3.09. The highest BCUT2D eigenvalue weighted by Crippen LogP contribution is 2.18. The molecule has 2 aromatic heterocycles. The molecule has 30 heavy (non-hydrogen) atoms. The van der Waals surface area contributed by atoms with E-state index in [1.807, 2.05) is 73.8 Å². The van der Waals surface area contributed by atoms with E-state index in [-0.39, 0.29) is 5.82 Å². The van der Waals surface area contributed by atoms with Gasteiger partial charge in [-0.25, -0.2) is 14.2 Å². The van der Waals surface area contributed by atoms with E-state index in [0.29, 0.717) is 18.9 Å². The molecule has 0 bridgehead atoms. The first kappa shape index (κ1) is 19.3. The summed E-state index contributed by atoms with van der Waals surface area (Å²) in [6, 6.07) is 17.8. The lowest BCUT2D eigenvalue weighted by atomic mass is 10.1. The lowest BCUT2D eigenvalue weighted by Crippen LogP contribution is -2.11. The number of hydrogen-bond donors (Lipinski definition) is 0. The third-order valence-electron chi connectivity index (χ3n) is 4.72. The van der Waals surface area contributed by atoms with Gasteiger partial charge in [-0.05, 0) is 23.5 Å². The zero-order valence-corrected chi connectivity index (χ0v) is 16.4. The van der Waals surface area contributed by atoms with Crippen molar-refractivity contribution in [2.75, 3.05) is 0 Å². The molecule has 150 valence electrons. The maximum Gasteiger partial charge on any atom is 0.343 e. The Morgan fingerprint density at radius 3 is 2.53 bits per heavy atom. The molecule has 0 aliphatic carbocycles. The van der Waals surface area contributed by atoms with Crippen LogP contribution in [0.25, 0.3) is 23.4 Å². The van der Waals surface area contributed by atoms with Crippen molar-refractivity contribution in [3.05, 3.63) is 94.1 Å². The Kier molecular flexibility index (Phi) is 5.47. The molecule has 8 heteroatoms. The molecular formula is C22H20N6O2. The number of nitro groups is 1. The molecule has 0 aliphatic rings. The van der Waals surface area contributed by atoms with Gasteiger partial charge in [-0.15, -0.1) is 5.10 Å². The summed E-state index contributed by atoms with van der Waals surface area (Å²) in [7, 11) is 0. The van der Waals surface area contributed by atoms with Crippen molar-refractivity contribution in [1.29, 1.82) is 0 Å². The molecule has 8 nitrogen and oxygen atoms in total. The molecule has 0 N–H and O–H groups in total. The van der Waals surface area contributed by atoms with Crippen LogP contribution in [0.3, 0.4) is 0 Å². The summed E-state index contributed by atoms with van der Waals surface area (Å²) < 4.78 is 3.26. The summed E-state index contributed by atoms with van der Waals surface area (Å²) in [5, 5.41) is 19.8. The molecule has 2 aromatic carbocycles. The second-order valence-corrected chi connectivity index (χ2v) is 6.86. The van der Waals surface area contributed by atoms with Gasteiger partial charge >= 0.3 is 5.82 Å². The van der Waals surface area contributed by atoms with E-state index in [4.69, 9.17) is 0 Å². The van der Waals surface area contributed by atoms with E-state index in [2.05, 4.69) is 15.3 Å². The zero-order chi connectivity index (χ0) is 20.9. The lowest BCUT2D eigenvalue weighted by molar-refractivity contribution is -0.392. The van der Waals surface area contributed by atoms with Crippen molar-refractivity contribution in [2.45, 2.75) is 20.0 Å². The Labute approximate surface area is 173 Å². The normalized spacial score (nSPS) is 11.2. The molecule has 0 atom stereocenters. The standard InChI is InChI=1S/C22H20N6O2/c1-17-7-9-18(10-8-17)11-12-21-23-15-22(28(29)30)27(21)14-13-26-16-20(24-25-26)19-5-3-2-4-6-19/h2-12,15-16H,13-14H2,1H3/b12-11+. The quantitative estimate of drug-likeness (QED) is 0.342. The van der Waals surface area contributed by atoms with E-state index in [1.54, 1.807) is 15.3 Å². The smallest absolute Gasteiger partial charge is 0.343 e. The molecular weight excluding hydrogens is 380 g/mol. The van der Waals surface area contributed by atoms with Gasteiger partial charge in [0.15, 0.2) is 0 Å². The van der Waals surface area contributed by atoms with Crippen LogP contribution in [0.1, 0.15) is 17.0 Å². The Morgan fingerprint density at radius 2 is 1.80 bits per heavy atom. The zero-order valence-electron chi connectivity index (χ0n) is 16.4. The van der Waals surface area contributed by atoms with Gasteiger partial charge in [0.2, 0.25) is 5.82 Å². The molecule has 0 saturated heterocycles. The van der Waals surface area contributed by atoms with Gasteiger partial charge < -0.3 is 10.1 Å². The van der Waals surface area contributed by atoms with Crippen LogP contribution < -0.4 is 0 Å². The largest absolute Gasteiger partial charge is 0.358 e. The molecule has 4 rings (SSSR count). The number of aromatic nitrogens is 5. The highest BCUT2D eigenvalue weighted by atomic mass is 16.6. The lowest BCUT2D eigenvalue weighted by Gasteiger charge is -2.03. The van der Waals surface area contributed by atoms with Crippen molar-refractivity contribution in [1.82, 2.24) is 24.5 Å². The van der Waals surface area contributed by atoms with Crippen LogP contribution in [0, 0.1) is 17.0 Å². The first-order chi connectivity index (χ1) is 14.6. The molecule has 2 heterocycles. The molecule has 0 spiro atoms. The van der Waals surface area contributed by atoms with Crippen LogP contribution in [0.15, 0.2) is 67.0 Å². The van der Waals surface area contributed by atoms with Gasteiger partial charge in [-0.2, -0.15) is 0 Å². The summed E-state index contributed by atoms with van der Waals surface area (Å²) >= 11 is 0. The summed E-state index contributed by atoms with van der Waals surface area (Å²) in [5.41, 5.74) is 3.91. The number of hydrogen-bond acceptors (Lipinski definition) is 5. The first-order valence-corrected chi connectivity index (χ1v) is 9.50. The number of aryl methyl sites for hydroxylation is 2. The monoisotopic (exact) mass is 400 g/mol. The van der Waals surface area contributed by atoms with E-state index in [1.165, 1.54) is 11.8 Å². The number of rotatable bonds is 7. The number of benzene rings is 2. The Balaban J connectivity index is 1.53. The fraction of sp³-hybridized carbons (Fsp3) is 0.136. The van der Waals surface area contributed by atoms with Gasteiger partial charge in [0.05, 0.1) is 12.7 Å². The van der Waals surface area contributed by atoms with Crippen molar-refractivity contribution < 1.29 is 4.92 Å². The minimum atomic E-state index is -0.424. The van der Waals surface area contributed by atoms with Crippen molar-refractivity contribution >= 4 is 18.0 Å². The van der Waals surface area contributed by atoms with Gasteiger partial charge in [-0.1, -0.05) is 65.4 Å². The highest BCUT2D eigenvalue weighted by molar-refractivity contribution is 5.67. The molecule has 0 radical (unpaired) electrons. The first-order valence-electron chi connectivity index (χ1n) is 9.50. The average molecular weight is 400 g/mol. The second kappa shape index (κ2) is 8.52. The van der Waals surface area contributed by atoms with E-state index in [9.17, 15) is 10.1 Å². The maximum absolute atomic E-state index is 11.4. The van der Waals surface area contributed by atoms with Crippen LogP contribution in [-0.4, -0.2) is 29.5 Å². The van der Waals surface area contributed by atoms with Crippen LogP contribution in [0.4, 0.5) is 5.82 Å². The van der Waals surface area contributed by atoms with Crippen LogP contribution >= 0.6 is 0 Å². The van der Waals surface area contributed by atoms with Gasteiger partial charge in [-0.3, -0.25) is 0 Å². The van der Waals surface area contributed by atoms with Gasteiger partial charge in [0, 0.05) is 11.6 Å². The Bertz CT molecular complexity index is 1180. The van der Waals surface area contributed by atoms with Crippen LogP contribution in [0.5, 0.6) is 0 Å². The van der Waals surface area contributed by atoms with Gasteiger partial charge in [0.25, 0.3) is 0 Å². The topological polar surface area (TPSA) is 91.7 Å². The predicted molar refractivity (Wildman–Crippen MR) is 114 cm³/mol. The van der Waals surface area contributed by atoms with E-state index >= 15 is 0 Å². The predicted octanol–water partition coefficient (Wildman–Crippen LogP) is 4.23. The van der Waals surface area contributed by atoms with Crippen LogP contribution in [0.2, 0.25) is 0 Å². The average Bonchev–Trinajstić information content (AvgIpc) is 3.39. The van der Waals surface area contributed by atoms with E-state index < -0.39 is 4.92 Å². The molecule has 0 saturated carbocycles. The SMILES string of the molecule is Cc1ccc(/C=C/c2ncc([N+](=O)[O-])n2CCn2cc(-c3ccccc3)nn2)cc1. The Morgan fingerprint density at radius 1 is 1.03 bits per heavy atom. The molecule has 4 aromatic rings. The third kappa shape index (κ3) is 4.33. The van der Waals surface area contributed by atoms with E-state index in [0.717, 1.165) is 16.8 Å². The summed E-state index contributed by atoms with van der Waals surface area (Å²) in [4.78, 5) is 15.2. The summed E-state index contributed by atoms with van der Waals surface area (Å²) in [6.07, 6.45) is 6.80. The van der Waals surface area contributed by atoms with Gasteiger partial charge in [0.1, 0.15) is 18.4 Å². The minimum absolute atomic E-state index is 0.0537. The third-order valence-corrected chi connectivity index (χ3v) is 4.72. The molecule has 0 unspecified atom stereocenters. The number of nitrogens with zero attached hydrogens (tertiary/aromatic N) is 6. The second-order valence-electron chi connectivity index (χ2n) is 6.86. The van der Waals surface area contributed by atoms with Crippen molar-refractivity contribution in [3.63, 3.8) is 0 Å². The highest BCUT2D eigenvalue weighted by Gasteiger charge is 2.18. The van der Waals surface area contributed by atoms with Crippen molar-refractivity contribution in [2.24, 2.45) is 0 Å². The summed E-state index contributed by atoms with van der Waals surface area (Å²) in [5.74, 6) is 0.465. The Hall–Kier alpha value is -4.07.